The van der Waals surface area contributed by atoms with Gasteiger partial charge in [0.05, 0.1) is 12.6 Å². The molecule has 2 rings (SSSR count). The van der Waals surface area contributed by atoms with Crippen LogP contribution in [0.15, 0.2) is 24.3 Å². The number of hydrogen-bond acceptors (Lipinski definition) is 3. The first-order chi connectivity index (χ1) is 9.70. The lowest BCUT2D eigenvalue weighted by Gasteiger charge is -2.32. The quantitative estimate of drug-likeness (QED) is 0.862. The molecule has 1 aromatic rings. The predicted octanol–water partition coefficient (Wildman–Crippen LogP) is 1.80. The van der Waals surface area contributed by atoms with Crippen LogP contribution in [0, 0.1) is 12.8 Å². The van der Waals surface area contributed by atoms with E-state index in [0.717, 1.165) is 19.4 Å². The molecule has 2 N–H and O–H groups in total. The summed E-state index contributed by atoms with van der Waals surface area (Å²) in [5.74, 6) is 0.396. The standard InChI is InChI=1S/C16H24N2O2/c1-12-5-7-13(8-6-12)16-14(4-3-9-20-16)10-18-15(19)11-17-2/h5-8,14,16-17H,3-4,9-11H2,1-2H3,(H,18,19). The summed E-state index contributed by atoms with van der Waals surface area (Å²) in [7, 11) is 1.78. The van der Waals surface area contributed by atoms with Gasteiger partial charge < -0.3 is 15.4 Å². The first kappa shape index (κ1) is 15.0. The molecule has 0 saturated carbocycles. The van der Waals surface area contributed by atoms with Crippen LogP contribution >= 0.6 is 0 Å². The summed E-state index contributed by atoms with van der Waals surface area (Å²) >= 11 is 0. The Balaban J connectivity index is 1.98. The van der Waals surface area contributed by atoms with Crippen LogP contribution in [0.2, 0.25) is 0 Å². The highest BCUT2D eigenvalue weighted by Gasteiger charge is 2.27. The van der Waals surface area contributed by atoms with E-state index in [4.69, 9.17) is 4.74 Å². The van der Waals surface area contributed by atoms with E-state index in [0.29, 0.717) is 19.0 Å². The van der Waals surface area contributed by atoms with Crippen molar-refractivity contribution in [3.05, 3.63) is 35.4 Å². The Hall–Kier alpha value is -1.39. The molecule has 1 aromatic carbocycles. The van der Waals surface area contributed by atoms with Crippen molar-refractivity contribution in [1.29, 1.82) is 0 Å². The van der Waals surface area contributed by atoms with Gasteiger partial charge >= 0.3 is 0 Å². The Bertz CT molecular complexity index is 431. The van der Waals surface area contributed by atoms with E-state index in [1.54, 1.807) is 7.05 Å². The molecule has 2 atom stereocenters. The molecule has 1 fully saturated rings. The zero-order chi connectivity index (χ0) is 14.4. The minimum atomic E-state index is 0.0423. The van der Waals surface area contributed by atoms with Crippen LogP contribution in [-0.4, -0.2) is 32.7 Å². The molecule has 110 valence electrons. The minimum Gasteiger partial charge on any atom is -0.373 e. The lowest BCUT2D eigenvalue weighted by molar-refractivity contribution is -0.120. The number of carbonyl (C=O) groups excluding carboxylic acids is 1. The van der Waals surface area contributed by atoms with Gasteiger partial charge in [-0.15, -0.1) is 0 Å². The third-order valence-electron chi connectivity index (χ3n) is 3.75. The van der Waals surface area contributed by atoms with Crippen molar-refractivity contribution in [3.63, 3.8) is 0 Å². The number of rotatable bonds is 5. The van der Waals surface area contributed by atoms with E-state index in [1.165, 1.54) is 11.1 Å². The Morgan fingerprint density at radius 2 is 2.10 bits per heavy atom. The molecule has 1 aliphatic heterocycles. The monoisotopic (exact) mass is 276 g/mol. The van der Waals surface area contributed by atoms with E-state index < -0.39 is 0 Å². The van der Waals surface area contributed by atoms with E-state index in [-0.39, 0.29) is 12.0 Å². The fourth-order valence-corrected chi connectivity index (χ4v) is 2.64. The zero-order valence-electron chi connectivity index (χ0n) is 12.3. The van der Waals surface area contributed by atoms with Crippen LogP contribution < -0.4 is 10.6 Å². The van der Waals surface area contributed by atoms with Crippen molar-refractivity contribution in [2.75, 3.05) is 26.7 Å². The topological polar surface area (TPSA) is 50.4 Å². The Morgan fingerprint density at radius 1 is 1.35 bits per heavy atom. The molecule has 1 aliphatic rings. The second-order valence-electron chi connectivity index (χ2n) is 5.44. The summed E-state index contributed by atoms with van der Waals surface area (Å²) in [4.78, 5) is 11.6. The largest absolute Gasteiger partial charge is 0.373 e. The van der Waals surface area contributed by atoms with Gasteiger partial charge in [0.25, 0.3) is 0 Å². The molecule has 1 saturated heterocycles. The van der Waals surface area contributed by atoms with Crippen LogP contribution in [0.25, 0.3) is 0 Å². The SMILES string of the molecule is CNCC(=O)NCC1CCCOC1c1ccc(C)cc1. The fraction of sp³-hybridized carbons (Fsp3) is 0.562. The van der Waals surface area contributed by atoms with Gasteiger partial charge in [-0.05, 0) is 32.4 Å². The molecular weight excluding hydrogens is 252 g/mol. The number of amides is 1. The van der Waals surface area contributed by atoms with Crippen LogP contribution in [0.1, 0.15) is 30.1 Å². The number of benzene rings is 1. The molecule has 0 aromatic heterocycles. The maximum Gasteiger partial charge on any atom is 0.233 e. The Kier molecular flexibility index (Phi) is 5.56. The molecule has 2 unspecified atom stereocenters. The number of nitrogens with one attached hydrogen (secondary N) is 2. The molecule has 4 heteroatoms. The third-order valence-corrected chi connectivity index (χ3v) is 3.75. The molecular formula is C16H24N2O2. The number of hydrogen-bond donors (Lipinski definition) is 2. The number of ether oxygens (including phenoxy) is 1. The molecule has 4 nitrogen and oxygen atoms in total. The van der Waals surface area contributed by atoms with Crippen molar-refractivity contribution < 1.29 is 9.53 Å². The lowest BCUT2D eigenvalue weighted by atomic mass is 9.89. The molecule has 20 heavy (non-hydrogen) atoms. The van der Waals surface area contributed by atoms with E-state index in [2.05, 4.69) is 41.8 Å². The van der Waals surface area contributed by atoms with Crippen molar-refractivity contribution in [1.82, 2.24) is 10.6 Å². The Morgan fingerprint density at radius 3 is 2.80 bits per heavy atom. The van der Waals surface area contributed by atoms with Crippen LogP contribution in [0.5, 0.6) is 0 Å². The average Bonchev–Trinajstić information content (AvgIpc) is 2.47. The summed E-state index contributed by atoms with van der Waals surface area (Å²) in [5.41, 5.74) is 2.46. The first-order valence-corrected chi connectivity index (χ1v) is 7.30. The van der Waals surface area contributed by atoms with Gasteiger partial charge in [-0.1, -0.05) is 29.8 Å². The molecule has 0 bridgehead atoms. The molecule has 1 heterocycles. The maximum absolute atomic E-state index is 11.6. The lowest BCUT2D eigenvalue weighted by Crippen LogP contribution is -2.38. The van der Waals surface area contributed by atoms with Crippen LogP contribution in [-0.2, 0) is 9.53 Å². The van der Waals surface area contributed by atoms with Crippen molar-refractivity contribution in [2.45, 2.75) is 25.9 Å². The average molecular weight is 276 g/mol. The minimum absolute atomic E-state index is 0.0423. The summed E-state index contributed by atoms with van der Waals surface area (Å²) in [5, 5.41) is 5.84. The van der Waals surface area contributed by atoms with Gasteiger partial charge in [-0.2, -0.15) is 0 Å². The number of likely N-dealkylation sites (N-methyl/N-ethyl adjacent to an activating group) is 1. The van der Waals surface area contributed by atoms with E-state index in [9.17, 15) is 4.79 Å². The zero-order valence-corrected chi connectivity index (χ0v) is 12.3. The highest BCUT2D eigenvalue weighted by molar-refractivity contribution is 5.77. The third kappa shape index (κ3) is 4.05. The van der Waals surface area contributed by atoms with Crippen LogP contribution in [0.3, 0.4) is 0 Å². The van der Waals surface area contributed by atoms with Crippen LogP contribution in [0.4, 0.5) is 0 Å². The van der Waals surface area contributed by atoms with Gasteiger partial charge in [0.2, 0.25) is 5.91 Å². The smallest absolute Gasteiger partial charge is 0.233 e. The highest BCUT2D eigenvalue weighted by Crippen LogP contribution is 2.33. The van der Waals surface area contributed by atoms with E-state index >= 15 is 0 Å². The number of carbonyl (C=O) groups is 1. The molecule has 0 aliphatic carbocycles. The van der Waals surface area contributed by atoms with Gasteiger partial charge in [0, 0.05) is 19.1 Å². The normalized spacial score (nSPS) is 22.5. The fourth-order valence-electron chi connectivity index (χ4n) is 2.64. The van der Waals surface area contributed by atoms with Gasteiger partial charge in [-0.25, -0.2) is 0 Å². The number of aryl methyl sites for hydroxylation is 1. The molecule has 0 radical (unpaired) electrons. The Labute approximate surface area is 120 Å². The second kappa shape index (κ2) is 7.41. The van der Waals surface area contributed by atoms with Gasteiger partial charge in [0.15, 0.2) is 0 Å². The van der Waals surface area contributed by atoms with Crippen molar-refractivity contribution >= 4 is 5.91 Å². The van der Waals surface area contributed by atoms with E-state index in [1.807, 2.05) is 0 Å². The van der Waals surface area contributed by atoms with Gasteiger partial charge in [-0.3, -0.25) is 4.79 Å². The summed E-state index contributed by atoms with van der Waals surface area (Å²) in [6.45, 7) is 3.93. The van der Waals surface area contributed by atoms with Crippen molar-refractivity contribution in [2.24, 2.45) is 5.92 Å². The summed E-state index contributed by atoms with van der Waals surface area (Å²) in [6, 6.07) is 8.50. The van der Waals surface area contributed by atoms with Gasteiger partial charge in [0.1, 0.15) is 0 Å². The first-order valence-electron chi connectivity index (χ1n) is 7.30. The highest BCUT2D eigenvalue weighted by atomic mass is 16.5. The predicted molar refractivity (Wildman–Crippen MR) is 79.5 cm³/mol. The van der Waals surface area contributed by atoms with Crippen molar-refractivity contribution in [3.8, 4) is 0 Å². The molecule has 1 amide bonds. The summed E-state index contributed by atoms with van der Waals surface area (Å²) in [6.07, 6.45) is 2.26. The maximum atomic E-state index is 11.6. The molecule has 0 spiro atoms. The second-order valence-corrected chi connectivity index (χ2v) is 5.44. The summed E-state index contributed by atoms with van der Waals surface area (Å²) < 4.78 is 5.94.